The van der Waals surface area contributed by atoms with E-state index in [-0.39, 0.29) is 33.1 Å². The van der Waals surface area contributed by atoms with Crippen LogP contribution < -0.4 is 0 Å². The Kier molecular flexibility index (Phi) is 14.1. The first-order valence-electron chi connectivity index (χ1n) is 50.5. The molecule has 4 heteroatoms. The fourth-order valence-electron chi connectivity index (χ4n) is 19.5. The lowest BCUT2D eigenvalue weighted by Gasteiger charge is -2.18. The fraction of sp³-hybridized carbons (Fsp3) is 0. The molecule has 27 aromatic rings. The van der Waals surface area contributed by atoms with E-state index in [1.165, 1.54) is 98.4 Å². The molecular formula is C124H76O4. The van der Waals surface area contributed by atoms with Crippen molar-refractivity contribution in [3.05, 3.63) is 461 Å². The highest BCUT2D eigenvalue weighted by Crippen LogP contribution is 2.53. The van der Waals surface area contributed by atoms with Crippen molar-refractivity contribution in [2.45, 2.75) is 0 Å². The summed E-state index contributed by atoms with van der Waals surface area (Å²) in [5, 5.41) is 20.6. The fourth-order valence-corrected chi connectivity index (χ4v) is 19.5. The molecule has 0 amide bonds. The molecule has 0 aliphatic rings. The molecule has 0 unspecified atom stereocenters. The van der Waals surface area contributed by atoms with Gasteiger partial charge >= 0.3 is 0 Å². The van der Waals surface area contributed by atoms with Crippen molar-refractivity contribution in [2.75, 3.05) is 0 Å². The lowest BCUT2D eigenvalue weighted by molar-refractivity contribution is 0.668. The Morgan fingerprint density at radius 3 is 0.984 bits per heavy atom. The molecule has 4 heterocycles. The molecular weight excluding hydrogens is 1550 g/mol. The second kappa shape index (κ2) is 30.5. The van der Waals surface area contributed by atoms with Gasteiger partial charge in [-0.25, -0.2) is 0 Å². The maximum Gasteiger partial charge on any atom is 0.143 e. The average molecular weight is 1650 g/mol. The zero-order valence-electron chi connectivity index (χ0n) is 84.3. The topological polar surface area (TPSA) is 52.6 Å². The van der Waals surface area contributed by atoms with Crippen LogP contribution in [0.15, 0.2) is 478 Å². The third-order valence-electron chi connectivity index (χ3n) is 25.0. The minimum absolute atomic E-state index is 0.0117. The van der Waals surface area contributed by atoms with E-state index in [9.17, 15) is 4.11 Å². The first-order chi connectivity index (χ1) is 70.2. The van der Waals surface area contributed by atoms with Gasteiger partial charge in [0.05, 0.1) is 21.9 Å². The first-order valence-corrected chi connectivity index (χ1v) is 42.5. The van der Waals surface area contributed by atoms with Crippen molar-refractivity contribution in [2.24, 2.45) is 0 Å². The van der Waals surface area contributed by atoms with Gasteiger partial charge < -0.3 is 17.7 Å². The summed E-state index contributed by atoms with van der Waals surface area (Å²) in [5.74, 6) is 0. The predicted octanol–water partition coefficient (Wildman–Crippen LogP) is 35.7. The quantitative estimate of drug-likeness (QED) is 0.135. The third kappa shape index (κ3) is 12.3. The van der Waals surface area contributed by atoms with Crippen LogP contribution in [-0.4, -0.2) is 0 Å². The van der Waals surface area contributed by atoms with E-state index in [4.69, 9.17) is 35.5 Å². The van der Waals surface area contributed by atoms with Crippen LogP contribution in [0, 0.1) is 0 Å². The van der Waals surface area contributed by atoms with E-state index in [0.717, 1.165) is 88.1 Å². The monoisotopic (exact) mass is 1640 g/mol. The summed E-state index contributed by atoms with van der Waals surface area (Å²) in [6.45, 7) is 0. The molecule has 0 N–H and O–H groups in total. The summed E-state index contributed by atoms with van der Waals surface area (Å²) in [6.07, 6.45) is 0. The molecule has 4 nitrogen and oxygen atoms in total. The van der Waals surface area contributed by atoms with Crippen molar-refractivity contribution < 1.29 is 39.6 Å². The molecule has 0 aliphatic heterocycles. The number of hydrogen-bond acceptors (Lipinski definition) is 4. The Morgan fingerprint density at radius 1 is 0.156 bits per heavy atom. The molecule has 0 aliphatic carbocycles. The molecule has 4 aromatic heterocycles. The summed E-state index contributed by atoms with van der Waals surface area (Å²) in [6, 6.07) is 117. The Bertz CT molecular complexity index is 9980. The minimum Gasteiger partial charge on any atom is -0.456 e. The lowest BCUT2D eigenvalue weighted by atomic mass is 9.85. The van der Waals surface area contributed by atoms with Crippen LogP contribution in [0.3, 0.4) is 0 Å². The average Bonchev–Trinajstić information content (AvgIpc) is 1.69. The van der Waals surface area contributed by atoms with Crippen molar-refractivity contribution in [3.63, 3.8) is 0 Å². The highest BCUT2D eigenvalue weighted by molar-refractivity contribution is 6.28. The van der Waals surface area contributed by atoms with Crippen LogP contribution in [-0.2, 0) is 0 Å². The third-order valence-corrected chi connectivity index (χ3v) is 25.0. The number of para-hydroxylation sites is 3. The van der Waals surface area contributed by atoms with Crippen LogP contribution in [0.4, 0.5) is 0 Å². The van der Waals surface area contributed by atoms with Crippen LogP contribution in [0.1, 0.15) is 21.9 Å². The number of fused-ring (bicyclic) bond motifs is 19. The smallest absolute Gasteiger partial charge is 0.143 e. The van der Waals surface area contributed by atoms with Gasteiger partial charge in [-0.15, -0.1) is 0 Å². The van der Waals surface area contributed by atoms with E-state index in [1.807, 2.05) is 24.3 Å². The largest absolute Gasteiger partial charge is 0.456 e. The zero-order valence-corrected chi connectivity index (χ0v) is 68.3. The molecule has 596 valence electrons. The molecule has 0 radical (unpaired) electrons. The Hall–Kier alpha value is -16.9. The molecule has 0 fully saturated rings. The van der Waals surface area contributed by atoms with Gasteiger partial charge in [-0.2, -0.15) is 0 Å². The van der Waals surface area contributed by atoms with Gasteiger partial charge in [-0.1, -0.05) is 382 Å². The summed E-state index contributed by atoms with van der Waals surface area (Å²) < 4.78 is 164. The number of benzene rings is 23. The van der Waals surface area contributed by atoms with Crippen molar-refractivity contribution in [1.29, 1.82) is 0 Å². The maximum absolute atomic E-state index is 9.32. The summed E-state index contributed by atoms with van der Waals surface area (Å²) in [5.41, 5.74) is 18.7. The Balaban J connectivity index is 0.000000114. The molecule has 23 aromatic carbocycles. The second-order valence-electron chi connectivity index (χ2n) is 32.1. The SMILES string of the molecule is [2H]c1c([2H])c([2H])c(-c2c([2H])c([2H])c3c(oc4c([2H])c([2H])c([2H])c(-c5c6ccccc6c(-c6c([2H])c([2H])c([2H])c([2H])c6[2H])c6ccccc56)c43)c2[2H])c([2H])c1[2H].c1ccc(-c2c3ccccc3c(-c3cc(-c4ccc5ccccc5c4)c4oc5ccccc5c4c3)c3ccccc23)cc1.c1ccc(-c2c3ccccc3c(-c3cc(-c4ccc5oc6ccccc6c5c4)c4oc5ccccc5c4c3)c3ccccc23)cc1. The molecule has 0 atom stereocenters. The molecule has 27 rings (SSSR count). The summed E-state index contributed by atoms with van der Waals surface area (Å²) >= 11 is 0. The van der Waals surface area contributed by atoms with E-state index in [2.05, 4.69) is 291 Å². The number of hydrogen-bond donors (Lipinski definition) is 0. The number of furan rings is 4. The van der Waals surface area contributed by atoms with Gasteiger partial charge in [0.25, 0.3) is 0 Å². The standard InChI is InChI=1S/C44H26O2.C42H26O.C38H24O/c1-2-12-27(13-3-1)42-32-16-4-6-18-34(32)43(35-19-7-5-17-33(35)42)29-25-36(44-38(26-29)31-15-9-11-21-40(31)46-44)28-22-23-41-37(24-28)30-14-8-10-20-39(30)45-41;1-2-13-28(14-3-1)40-33-17-6-8-19-35(33)41(36-20-9-7-18-34(36)40)31-25-37(30-23-22-27-12-4-5-15-29(27)24-30)42-38(26-31)32-16-10-11-21-39(32)43-42;1-3-12-25(13-4-1)27-22-23-32-35(24-27)39-34-21-11-20-33(38(32)34)37-30-18-9-7-16-28(30)36(26-14-5-2-6-15-26)29-17-8-10-19-31(29)37/h1-26H;1-26H;1-24H/i;;1D,2D,3D,4D,5D,6D,11D,12D,13D,14D,15D,20D,21D,22D,23D,24D. The van der Waals surface area contributed by atoms with Gasteiger partial charge in [0.1, 0.15) is 44.7 Å². The van der Waals surface area contributed by atoms with Gasteiger partial charge in [0, 0.05) is 54.2 Å². The molecule has 0 saturated heterocycles. The van der Waals surface area contributed by atoms with E-state index >= 15 is 0 Å². The van der Waals surface area contributed by atoms with Crippen molar-refractivity contribution >= 4 is 163 Å². The predicted molar refractivity (Wildman–Crippen MR) is 540 cm³/mol. The van der Waals surface area contributed by atoms with E-state index in [1.54, 1.807) is 48.5 Å². The van der Waals surface area contributed by atoms with Gasteiger partial charge in [-0.3, -0.25) is 0 Å². The van der Waals surface area contributed by atoms with E-state index < -0.39 is 108 Å². The summed E-state index contributed by atoms with van der Waals surface area (Å²) in [7, 11) is 0. The van der Waals surface area contributed by atoms with Gasteiger partial charge in [0.15, 0.2) is 0 Å². The van der Waals surface area contributed by atoms with Gasteiger partial charge in [0.2, 0.25) is 0 Å². The Labute approximate surface area is 759 Å². The van der Waals surface area contributed by atoms with Crippen LogP contribution >= 0.6 is 0 Å². The highest BCUT2D eigenvalue weighted by atomic mass is 16.3. The lowest BCUT2D eigenvalue weighted by Crippen LogP contribution is -1.91. The van der Waals surface area contributed by atoms with Crippen LogP contribution in [0.25, 0.3) is 263 Å². The summed E-state index contributed by atoms with van der Waals surface area (Å²) in [4.78, 5) is 0. The van der Waals surface area contributed by atoms with Crippen molar-refractivity contribution in [3.8, 4) is 100 Å². The minimum atomic E-state index is -0.703. The molecule has 0 saturated carbocycles. The van der Waals surface area contributed by atoms with Crippen molar-refractivity contribution in [1.82, 2.24) is 0 Å². The number of rotatable bonds is 9. The zero-order chi connectivity index (χ0) is 98.2. The molecule has 0 bridgehead atoms. The Morgan fingerprint density at radius 2 is 0.508 bits per heavy atom. The second-order valence-corrected chi connectivity index (χ2v) is 32.1. The van der Waals surface area contributed by atoms with Crippen LogP contribution in [0.5, 0.6) is 0 Å². The maximum atomic E-state index is 9.32. The normalized spacial score (nSPS) is 13.5. The molecule has 0 spiro atoms. The first kappa shape index (κ1) is 59.0. The van der Waals surface area contributed by atoms with Crippen LogP contribution in [0.2, 0.25) is 0 Å². The molecule has 128 heavy (non-hydrogen) atoms. The van der Waals surface area contributed by atoms with E-state index in [0.29, 0.717) is 32.7 Å². The van der Waals surface area contributed by atoms with Gasteiger partial charge in [-0.05, 0) is 243 Å². The highest BCUT2D eigenvalue weighted by Gasteiger charge is 2.26.